The number of hydrogen-bond acceptors (Lipinski definition) is 8. The van der Waals surface area contributed by atoms with Gasteiger partial charge in [-0.3, -0.25) is 14.5 Å². The molecule has 4 atom stereocenters. The zero-order valence-corrected chi connectivity index (χ0v) is 32.9. The van der Waals surface area contributed by atoms with E-state index < -0.39 is 26.6 Å². The summed E-state index contributed by atoms with van der Waals surface area (Å²) in [6.45, 7) is 12.5. The molecule has 54 heavy (non-hydrogen) atoms. The monoisotopic (exact) mass is 758 g/mol. The fraction of sp³-hybridized carbons (Fsp3) is 0.619. The molecule has 2 aromatic carbocycles. The SMILES string of the molecule is CCOCCN1CC23COCC2(C1)CN(C(=O)[C@]12C[C@H]1c1cc(OC)ccc1-c1c(C4CCCCC4)c4ccc(C(=O)NS(=O)(=O)C(C)C)cc4n1C2)C3. The highest BCUT2D eigenvalue weighted by Crippen LogP contribution is 2.67. The summed E-state index contributed by atoms with van der Waals surface area (Å²) in [5.41, 5.74) is 5.05. The standard InChI is InChI=1S/C42H54N4O7S/c1-5-52-16-15-44-20-40-22-45(23-41(40,21-44)26-53-25-40)39(48)42-19-34(42)33-18-30(51-4)12-14-31(33)37-36(28-9-7-6-8-10-28)32-13-11-29(17-35(32)46(37)24-42)38(47)43-54(49,50)27(2)3/h11-14,17-18,27-28,34H,5-10,15-16,19-26H2,1-4H3,(H,43,47)/t34-,40?,41?,42-/m0/s1. The fourth-order valence-electron chi connectivity index (χ4n) is 11.1. The van der Waals surface area contributed by atoms with Crippen molar-refractivity contribution in [3.63, 3.8) is 0 Å². The number of sulfonamides is 1. The van der Waals surface area contributed by atoms with E-state index in [4.69, 9.17) is 14.2 Å². The zero-order valence-electron chi connectivity index (χ0n) is 32.1. The number of nitrogens with one attached hydrogen (secondary N) is 1. The molecule has 6 aliphatic rings. The summed E-state index contributed by atoms with van der Waals surface area (Å²) in [5, 5.41) is 0.336. The Morgan fingerprint density at radius 2 is 1.72 bits per heavy atom. The summed E-state index contributed by atoms with van der Waals surface area (Å²) < 4.78 is 47.8. The lowest BCUT2D eigenvalue weighted by atomic mass is 9.71. The van der Waals surface area contributed by atoms with Crippen LogP contribution in [0.5, 0.6) is 5.75 Å². The second kappa shape index (κ2) is 13.1. The maximum absolute atomic E-state index is 15.4. The number of carbonyl (C=O) groups excluding carboxylic acids is 2. The highest BCUT2D eigenvalue weighted by molar-refractivity contribution is 7.90. The summed E-state index contributed by atoms with van der Waals surface area (Å²) >= 11 is 0. The Morgan fingerprint density at radius 1 is 0.981 bits per heavy atom. The molecule has 3 saturated heterocycles. The van der Waals surface area contributed by atoms with Gasteiger partial charge in [-0.15, -0.1) is 0 Å². The van der Waals surface area contributed by atoms with Crippen LogP contribution >= 0.6 is 0 Å². The highest BCUT2D eigenvalue weighted by Gasteiger charge is 2.70. The van der Waals surface area contributed by atoms with E-state index in [0.29, 0.717) is 57.5 Å². The van der Waals surface area contributed by atoms with Crippen LogP contribution in [0.4, 0.5) is 0 Å². The number of ether oxygens (including phenoxy) is 3. The smallest absolute Gasteiger partial charge is 0.264 e. The third-order valence-electron chi connectivity index (χ3n) is 14.0. The third kappa shape index (κ3) is 5.48. The lowest BCUT2D eigenvalue weighted by Gasteiger charge is -2.30. The number of likely N-dealkylation sites (tertiary alicyclic amines) is 2. The summed E-state index contributed by atoms with van der Waals surface area (Å²) in [6, 6.07) is 12.0. The Hall–Kier alpha value is -3.45. The largest absolute Gasteiger partial charge is 0.497 e. The van der Waals surface area contributed by atoms with Crippen molar-refractivity contribution in [2.75, 3.05) is 66.3 Å². The Labute approximate surface area is 318 Å². The lowest BCUT2D eigenvalue weighted by Crippen LogP contribution is -2.43. The minimum absolute atomic E-state index is 0.0288. The normalized spacial score (nSPS) is 29.1. The van der Waals surface area contributed by atoms with E-state index in [1.807, 2.05) is 25.1 Å². The lowest BCUT2D eigenvalue weighted by molar-refractivity contribution is -0.138. The van der Waals surface area contributed by atoms with Crippen LogP contribution in [-0.4, -0.2) is 106 Å². The summed E-state index contributed by atoms with van der Waals surface area (Å²) in [5.74, 6) is 0.726. The molecule has 2 aliphatic carbocycles. The number of benzene rings is 2. The molecule has 0 bridgehead atoms. The van der Waals surface area contributed by atoms with Gasteiger partial charge < -0.3 is 23.7 Å². The first-order chi connectivity index (χ1) is 25.9. The number of carbonyl (C=O) groups is 2. The van der Waals surface area contributed by atoms with Crippen LogP contribution in [0.15, 0.2) is 36.4 Å². The molecule has 2 saturated carbocycles. The van der Waals surface area contributed by atoms with Gasteiger partial charge in [-0.05, 0) is 87.4 Å². The van der Waals surface area contributed by atoms with Gasteiger partial charge in [-0.2, -0.15) is 0 Å². The Kier molecular flexibility index (Phi) is 8.76. The molecule has 2 unspecified atom stereocenters. The zero-order chi connectivity index (χ0) is 37.6. The average molecular weight is 759 g/mol. The Balaban J connectivity index is 1.14. The molecule has 1 aromatic heterocycles. The summed E-state index contributed by atoms with van der Waals surface area (Å²) in [6.07, 6.45) is 6.46. The molecular weight excluding hydrogens is 705 g/mol. The first kappa shape index (κ1) is 36.2. The van der Waals surface area contributed by atoms with Crippen LogP contribution in [0, 0.1) is 16.2 Å². The number of rotatable bonds is 10. The molecule has 0 spiro atoms. The topological polar surface area (TPSA) is 119 Å². The van der Waals surface area contributed by atoms with Crippen LogP contribution in [0.2, 0.25) is 0 Å². The third-order valence-corrected chi connectivity index (χ3v) is 15.7. The molecule has 5 heterocycles. The van der Waals surface area contributed by atoms with E-state index in [1.54, 1.807) is 27.0 Å². The van der Waals surface area contributed by atoms with Crippen LogP contribution in [0.1, 0.15) is 92.6 Å². The minimum atomic E-state index is -3.82. The van der Waals surface area contributed by atoms with Gasteiger partial charge in [0.1, 0.15) is 5.75 Å². The molecule has 2 amide bonds. The van der Waals surface area contributed by atoms with Gasteiger partial charge in [-0.25, -0.2) is 13.1 Å². The molecule has 12 heteroatoms. The molecule has 5 fully saturated rings. The number of hydrogen-bond donors (Lipinski definition) is 1. The van der Waals surface area contributed by atoms with Gasteiger partial charge in [0.05, 0.1) is 43.3 Å². The second-order valence-electron chi connectivity index (χ2n) is 17.4. The maximum Gasteiger partial charge on any atom is 0.264 e. The highest BCUT2D eigenvalue weighted by atomic mass is 32.2. The van der Waals surface area contributed by atoms with Gasteiger partial charge in [0, 0.05) is 84.7 Å². The summed E-state index contributed by atoms with van der Waals surface area (Å²) in [4.78, 5) is 33.6. The number of nitrogens with zero attached hydrogens (tertiary/aromatic N) is 3. The van der Waals surface area contributed by atoms with Crippen molar-refractivity contribution < 1.29 is 32.2 Å². The van der Waals surface area contributed by atoms with Crippen molar-refractivity contribution >= 4 is 32.7 Å². The van der Waals surface area contributed by atoms with Gasteiger partial charge in [-0.1, -0.05) is 25.3 Å². The first-order valence-corrected chi connectivity index (χ1v) is 21.6. The quantitative estimate of drug-likeness (QED) is 0.269. The molecule has 11 nitrogen and oxygen atoms in total. The van der Waals surface area contributed by atoms with E-state index in [2.05, 4.69) is 31.2 Å². The van der Waals surface area contributed by atoms with E-state index in [1.165, 1.54) is 12.0 Å². The molecule has 290 valence electrons. The molecular formula is C42H54N4O7S. The van der Waals surface area contributed by atoms with Gasteiger partial charge in [0.25, 0.3) is 5.91 Å². The molecule has 4 aliphatic heterocycles. The summed E-state index contributed by atoms with van der Waals surface area (Å²) in [7, 11) is -2.13. The van der Waals surface area contributed by atoms with Crippen molar-refractivity contribution in [1.29, 1.82) is 0 Å². The van der Waals surface area contributed by atoms with E-state index in [9.17, 15) is 13.2 Å². The second-order valence-corrected chi connectivity index (χ2v) is 19.7. The van der Waals surface area contributed by atoms with E-state index in [0.717, 1.165) is 85.2 Å². The number of fused-ring (bicyclic) bond motifs is 7. The van der Waals surface area contributed by atoms with E-state index in [-0.39, 0.29) is 22.7 Å². The van der Waals surface area contributed by atoms with Crippen molar-refractivity contribution in [1.82, 2.24) is 19.1 Å². The average Bonchev–Trinajstić information content (AvgIpc) is 3.35. The molecule has 1 N–H and O–H groups in total. The van der Waals surface area contributed by atoms with Crippen LogP contribution in [-0.2, 0) is 30.8 Å². The van der Waals surface area contributed by atoms with Crippen LogP contribution in [0.25, 0.3) is 22.2 Å². The van der Waals surface area contributed by atoms with Gasteiger partial charge in [0.15, 0.2) is 0 Å². The van der Waals surface area contributed by atoms with E-state index >= 15 is 4.79 Å². The predicted molar refractivity (Wildman–Crippen MR) is 206 cm³/mol. The first-order valence-electron chi connectivity index (χ1n) is 20.0. The van der Waals surface area contributed by atoms with Crippen molar-refractivity contribution in [3.05, 3.63) is 53.1 Å². The van der Waals surface area contributed by atoms with Crippen LogP contribution in [0.3, 0.4) is 0 Å². The number of aromatic nitrogens is 1. The predicted octanol–water partition coefficient (Wildman–Crippen LogP) is 5.52. The van der Waals surface area contributed by atoms with Crippen molar-refractivity contribution in [3.8, 4) is 17.0 Å². The minimum Gasteiger partial charge on any atom is -0.497 e. The molecule has 9 rings (SSSR count). The molecule has 3 aromatic rings. The molecule has 0 radical (unpaired) electrons. The number of amides is 2. The fourth-order valence-corrected chi connectivity index (χ4v) is 11.7. The number of methoxy groups -OCH3 is 1. The Morgan fingerprint density at radius 3 is 2.41 bits per heavy atom. The van der Waals surface area contributed by atoms with Gasteiger partial charge in [0.2, 0.25) is 15.9 Å². The Bertz CT molecular complexity index is 2100. The van der Waals surface area contributed by atoms with Crippen molar-refractivity contribution in [2.24, 2.45) is 16.2 Å². The van der Waals surface area contributed by atoms with Crippen molar-refractivity contribution in [2.45, 2.75) is 82.9 Å². The van der Waals surface area contributed by atoms with Gasteiger partial charge >= 0.3 is 0 Å². The maximum atomic E-state index is 15.4. The van der Waals surface area contributed by atoms with Crippen LogP contribution < -0.4 is 9.46 Å².